The van der Waals surface area contributed by atoms with Crippen LogP contribution in [0.15, 0.2) is 17.8 Å². The molecule has 2 nitrogen and oxygen atoms in total. The third-order valence-corrected chi connectivity index (χ3v) is 2.49. The first kappa shape index (κ1) is 10.3. The minimum Gasteiger partial charge on any atom is -0.303 e. The van der Waals surface area contributed by atoms with E-state index in [0.29, 0.717) is 5.92 Å². The van der Waals surface area contributed by atoms with Crippen LogP contribution in [0.2, 0.25) is 0 Å². The van der Waals surface area contributed by atoms with Gasteiger partial charge in [-0.15, -0.1) is 6.58 Å². The molecular formula is C11H20N2. The Hall–Kier alpha value is -0.790. The molecule has 1 rings (SSSR count). The van der Waals surface area contributed by atoms with Crippen LogP contribution in [0.4, 0.5) is 0 Å². The Morgan fingerprint density at radius 2 is 2.31 bits per heavy atom. The molecule has 1 unspecified atom stereocenters. The molecular weight excluding hydrogens is 160 g/mol. The van der Waals surface area contributed by atoms with Crippen LogP contribution >= 0.6 is 0 Å². The second-order valence-corrected chi connectivity index (χ2v) is 3.91. The first-order valence-corrected chi connectivity index (χ1v) is 5.09. The molecule has 1 aliphatic carbocycles. The van der Waals surface area contributed by atoms with E-state index in [-0.39, 0.29) is 0 Å². The molecule has 1 atom stereocenters. The average molecular weight is 180 g/mol. The average Bonchev–Trinajstić information content (AvgIpc) is 2.08. The molecule has 0 bridgehead atoms. The molecule has 0 saturated heterocycles. The van der Waals surface area contributed by atoms with Crippen LogP contribution in [0.5, 0.6) is 0 Å². The molecule has 0 spiro atoms. The van der Waals surface area contributed by atoms with Gasteiger partial charge in [-0.3, -0.25) is 0 Å². The summed E-state index contributed by atoms with van der Waals surface area (Å²) in [4.78, 5) is 0. The zero-order chi connectivity index (χ0) is 9.68. The Morgan fingerprint density at radius 3 is 2.92 bits per heavy atom. The van der Waals surface area contributed by atoms with Gasteiger partial charge in [0.1, 0.15) is 0 Å². The van der Waals surface area contributed by atoms with Gasteiger partial charge in [0.05, 0.1) is 0 Å². The second-order valence-electron chi connectivity index (χ2n) is 3.91. The van der Waals surface area contributed by atoms with E-state index in [1.54, 1.807) is 0 Å². The minimum absolute atomic E-state index is 0.661. The van der Waals surface area contributed by atoms with Crippen molar-refractivity contribution in [3.63, 3.8) is 0 Å². The van der Waals surface area contributed by atoms with Gasteiger partial charge in [-0.1, -0.05) is 12.5 Å². The molecule has 0 heterocycles. The Morgan fingerprint density at radius 1 is 1.54 bits per heavy atom. The van der Waals surface area contributed by atoms with E-state index >= 15 is 0 Å². The van der Waals surface area contributed by atoms with Crippen molar-refractivity contribution in [3.8, 4) is 0 Å². The fourth-order valence-electron chi connectivity index (χ4n) is 1.91. The molecule has 0 aromatic heterocycles. The highest BCUT2D eigenvalue weighted by Gasteiger charge is 2.19. The Bertz CT molecular complexity index is 194. The number of hydrogen-bond acceptors (Lipinski definition) is 2. The molecule has 13 heavy (non-hydrogen) atoms. The maximum atomic E-state index is 4.54. The molecule has 1 aliphatic rings. The normalized spacial score (nSPS) is 26.0. The molecule has 0 aromatic rings. The molecule has 0 amide bonds. The molecule has 1 saturated carbocycles. The monoisotopic (exact) mass is 180 g/mol. The van der Waals surface area contributed by atoms with Gasteiger partial charge in [0, 0.05) is 25.7 Å². The van der Waals surface area contributed by atoms with Crippen molar-refractivity contribution in [2.75, 3.05) is 14.1 Å². The summed E-state index contributed by atoms with van der Waals surface area (Å²) in [7, 11) is 3.99. The third kappa shape index (κ3) is 3.21. The Labute approximate surface area is 81.3 Å². The highest BCUT2D eigenvalue weighted by Crippen LogP contribution is 2.24. The first-order chi connectivity index (χ1) is 6.24. The van der Waals surface area contributed by atoms with Gasteiger partial charge in [0.2, 0.25) is 0 Å². The summed E-state index contributed by atoms with van der Waals surface area (Å²) in [5.41, 5.74) is 1.37. The standard InChI is InChI=1S/C11H20N2/c1-4-7-10-8-5-6-9-11(10)12-13(2)3/h4,10H,1,5-9H2,2-3H3/b12-11-. The quantitative estimate of drug-likeness (QED) is 0.481. The van der Waals surface area contributed by atoms with Crippen LogP contribution in [-0.4, -0.2) is 24.8 Å². The zero-order valence-corrected chi connectivity index (χ0v) is 8.79. The first-order valence-electron chi connectivity index (χ1n) is 5.09. The molecule has 0 aliphatic heterocycles. The van der Waals surface area contributed by atoms with Crippen molar-refractivity contribution >= 4 is 5.71 Å². The third-order valence-electron chi connectivity index (χ3n) is 2.49. The number of hydrogen-bond donors (Lipinski definition) is 0. The van der Waals surface area contributed by atoms with Gasteiger partial charge in [0.25, 0.3) is 0 Å². The number of allylic oxidation sites excluding steroid dienone is 1. The minimum atomic E-state index is 0.661. The van der Waals surface area contributed by atoms with Crippen LogP contribution in [0.25, 0.3) is 0 Å². The van der Waals surface area contributed by atoms with Gasteiger partial charge >= 0.3 is 0 Å². The van der Waals surface area contributed by atoms with Crippen LogP contribution in [0.3, 0.4) is 0 Å². The molecule has 0 N–H and O–H groups in total. The second kappa shape index (κ2) is 5.05. The van der Waals surface area contributed by atoms with Crippen molar-refractivity contribution in [1.82, 2.24) is 5.01 Å². The summed E-state index contributed by atoms with van der Waals surface area (Å²) < 4.78 is 0. The van der Waals surface area contributed by atoms with Gasteiger partial charge in [-0.25, -0.2) is 0 Å². The maximum absolute atomic E-state index is 4.54. The van der Waals surface area contributed by atoms with E-state index in [0.717, 1.165) is 6.42 Å². The van der Waals surface area contributed by atoms with Gasteiger partial charge in [-0.05, 0) is 25.7 Å². The Balaban J connectivity index is 2.60. The van der Waals surface area contributed by atoms with E-state index in [4.69, 9.17) is 0 Å². The fourth-order valence-corrected chi connectivity index (χ4v) is 1.91. The molecule has 74 valence electrons. The summed E-state index contributed by atoms with van der Waals surface area (Å²) in [5, 5.41) is 6.45. The zero-order valence-electron chi connectivity index (χ0n) is 8.79. The number of hydrazone groups is 1. The summed E-state index contributed by atoms with van der Waals surface area (Å²) in [6.45, 7) is 3.80. The summed E-state index contributed by atoms with van der Waals surface area (Å²) in [5.74, 6) is 0.661. The number of rotatable bonds is 3. The Kier molecular flexibility index (Phi) is 4.00. The summed E-state index contributed by atoms with van der Waals surface area (Å²) in [6.07, 6.45) is 8.23. The van der Waals surface area contributed by atoms with E-state index in [2.05, 4.69) is 11.7 Å². The van der Waals surface area contributed by atoms with Crippen molar-refractivity contribution in [3.05, 3.63) is 12.7 Å². The van der Waals surface area contributed by atoms with Crippen LogP contribution < -0.4 is 0 Å². The van der Waals surface area contributed by atoms with E-state index in [1.165, 1.54) is 31.4 Å². The largest absolute Gasteiger partial charge is 0.303 e. The van der Waals surface area contributed by atoms with Crippen molar-refractivity contribution in [1.29, 1.82) is 0 Å². The lowest BCUT2D eigenvalue weighted by atomic mass is 9.85. The lowest BCUT2D eigenvalue weighted by molar-refractivity contribution is 0.418. The summed E-state index contributed by atoms with van der Waals surface area (Å²) >= 11 is 0. The SMILES string of the molecule is C=CCC1CCCC/C1=N/N(C)C. The van der Waals surface area contributed by atoms with E-state index in [1.807, 2.05) is 25.2 Å². The maximum Gasteiger partial charge on any atom is 0.0414 e. The van der Waals surface area contributed by atoms with Gasteiger partial charge < -0.3 is 5.01 Å². The molecule has 0 aromatic carbocycles. The van der Waals surface area contributed by atoms with E-state index < -0.39 is 0 Å². The summed E-state index contributed by atoms with van der Waals surface area (Å²) in [6, 6.07) is 0. The fraction of sp³-hybridized carbons (Fsp3) is 0.727. The highest BCUT2D eigenvalue weighted by atomic mass is 15.4. The van der Waals surface area contributed by atoms with Crippen LogP contribution in [-0.2, 0) is 0 Å². The smallest absolute Gasteiger partial charge is 0.0414 e. The van der Waals surface area contributed by atoms with Crippen molar-refractivity contribution in [2.45, 2.75) is 32.1 Å². The van der Waals surface area contributed by atoms with Gasteiger partial charge in [0.15, 0.2) is 0 Å². The van der Waals surface area contributed by atoms with Crippen LogP contribution in [0.1, 0.15) is 32.1 Å². The number of nitrogens with zero attached hydrogens (tertiary/aromatic N) is 2. The van der Waals surface area contributed by atoms with Crippen molar-refractivity contribution < 1.29 is 0 Å². The lowest BCUT2D eigenvalue weighted by Gasteiger charge is -2.24. The van der Waals surface area contributed by atoms with E-state index in [9.17, 15) is 0 Å². The predicted molar refractivity (Wildman–Crippen MR) is 57.9 cm³/mol. The molecule has 2 heteroatoms. The molecule has 1 fully saturated rings. The molecule has 0 radical (unpaired) electrons. The lowest BCUT2D eigenvalue weighted by Crippen LogP contribution is -2.21. The highest BCUT2D eigenvalue weighted by molar-refractivity contribution is 5.87. The van der Waals surface area contributed by atoms with Gasteiger partial charge in [-0.2, -0.15) is 5.10 Å². The van der Waals surface area contributed by atoms with Crippen molar-refractivity contribution in [2.24, 2.45) is 11.0 Å². The topological polar surface area (TPSA) is 15.6 Å². The predicted octanol–water partition coefficient (Wildman–Crippen LogP) is 2.67. The van der Waals surface area contributed by atoms with Crippen LogP contribution in [0, 0.1) is 5.92 Å².